The normalized spacial score (nSPS) is 13.6. The van der Waals surface area contributed by atoms with E-state index in [1.807, 2.05) is 25.1 Å². The van der Waals surface area contributed by atoms with Crippen LogP contribution in [0.1, 0.15) is 12.5 Å². The molecule has 1 aromatic carbocycles. The van der Waals surface area contributed by atoms with Gasteiger partial charge in [0, 0.05) is 14.7 Å². The first-order valence-electron chi connectivity index (χ1n) is 6.24. The molecular formula is C14H24O2Si. The number of benzene rings is 1. The summed E-state index contributed by atoms with van der Waals surface area (Å²) < 4.78 is 11.3. The van der Waals surface area contributed by atoms with Gasteiger partial charge in [-0.15, -0.1) is 0 Å². The second-order valence-corrected chi connectivity index (χ2v) is 11.2. The average Bonchev–Trinajstić information content (AvgIpc) is 2.26. The van der Waals surface area contributed by atoms with Crippen molar-refractivity contribution < 1.29 is 9.47 Å². The lowest BCUT2D eigenvalue weighted by Gasteiger charge is -2.18. The fraction of sp³-hybridized carbons (Fsp3) is 0.571. The van der Waals surface area contributed by atoms with Crippen molar-refractivity contribution in [1.82, 2.24) is 0 Å². The maximum atomic E-state index is 5.65. The third kappa shape index (κ3) is 7.31. The van der Waals surface area contributed by atoms with E-state index in [2.05, 4.69) is 31.8 Å². The predicted molar refractivity (Wildman–Crippen MR) is 74.8 cm³/mol. The Balaban J connectivity index is 2.15. The topological polar surface area (TPSA) is 18.5 Å². The van der Waals surface area contributed by atoms with Crippen molar-refractivity contribution in [2.24, 2.45) is 0 Å². The van der Waals surface area contributed by atoms with Crippen molar-refractivity contribution in [2.45, 2.75) is 45.5 Å². The molecule has 0 N–H and O–H groups in total. The van der Waals surface area contributed by atoms with Gasteiger partial charge in [0.1, 0.15) is 0 Å². The zero-order valence-corrected chi connectivity index (χ0v) is 12.4. The molecule has 17 heavy (non-hydrogen) atoms. The Morgan fingerprint density at radius 3 is 2.29 bits per heavy atom. The molecular weight excluding hydrogens is 228 g/mol. The number of hydrogen-bond donors (Lipinski definition) is 0. The highest BCUT2D eigenvalue weighted by Gasteiger charge is 2.13. The summed E-state index contributed by atoms with van der Waals surface area (Å²) in [6.45, 7) is 10.5. The molecule has 0 heterocycles. The van der Waals surface area contributed by atoms with E-state index in [0.29, 0.717) is 6.61 Å². The monoisotopic (exact) mass is 252 g/mol. The fourth-order valence-corrected chi connectivity index (χ4v) is 2.10. The number of hydrogen-bond acceptors (Lipinski definition) is 2. The zero-order chi connectivity index (χ0) is 12.7. The van der Waals surface area contributed by atoms with Crippen LogP contribution in [0.5, 0.6) is 0 Å². The third-order valence-corrected chi connectivity index (χ3v) is 4.24. The Morgan fingerprint density at radius 2 is 1.71 bits per heavy atom. The van der Waals surface area contributed by atoms with Gasteiger partial charge in [-0.3, -0.25) is 0 Å². The largest absolute Gasteiger partial charge is 0.353 e. The molecule has 0 spiro atoms. The van der Waals surface area contributed by atoms with Crippen LogP contribution in [-0.4, -0.2) is 21.0 Å². The molecule has 1 aromatic rings. The van der Waals surface area contributed by atoms with E-state index in [1.54, 1.807) is 0 Å². The van der Waals surface area contributed by atoms with Gasteiger partial charge in [-0.05, 0) is 18.5 Å². The van der Waals surface area contributed by atoms with Crippen molar-refractivity contribution in [3.8, 4) is 0 Å². The van der Waals surface area contributed by atoms with Crippen LogP contribution >= 0.6 is 0 Å². The number of rotatable bonds is 7. The first-order chi connectivity index (χ1) is 7.97. The van der Waals surface area contributed by atoms with Gasteiger partial charge < -0.3 is 9.47 Å². The van der Waals surface area contributed by atoms with Crippen LogP contribution < -0.4 is 0 Å². The summed E-state index contributed by atoms with van der Waals surface area (Å²) in [6.07, 6.45) is -0.119. The molecule has 1 unspecified atom stereocenters. The second kappa shape index (κ2) is 6.94. The van der Waals surface area contributed by atoms with Gasteiger partial charge >= 0.3 is 0 Å². The van der Waals surface area contributed by atoms with Crippen molar-refractivity contribution in [3.63, 3.8) is 0 Å². The van der Waals surface area contributed by atoms with Crippen molar-refractivity contribution in [3.05, 3.63) is 35.9 Å². The highest BCUT2D eigenvalue weighted by atomic mass is 28.3. The maximum Gasteiger partial charge on any atom is 0.155 e. The van der Waals surface area contributed by atoms with E-state index in [0.717, 1.165) is 6.61 Å². The molecule has 0 aliphatic heterocycles. The van der Waals surface area contributed by atoms with E-state index in [1.165, 1.54) is 11.6 Å². The van der Waals surface area contributed by atoms with Crippen LogP contribution in [0.25, 0.3) is 0 Å². The first-order valence-corrected chi connectivity index (χ1v) is 9.95. The lowest BCUT2D eigenvalue weighted by Crippen LogP contribution is -2.24. The van der Waals surface area contributed by atoms with Crippen LogP contribution in [0.2, 0.25) is 25.7 Å². The summed E-state index contributed by atoms with van der Waals surface area (Å²) in [5.41, 5.74) is 1.19. The minimum Gasteiger partial charge on any atom is -0.353 e. The molecule has 96 valence electrons. The van der Waals surface area contributed by atoms with E-state index in [4.69, 9.17) is 9.47 Å². The Hall–Kier alpha value is -0.643. The van der Waals surface area contributed by atoms with Crippen LogP contribution in [0, 0.1) is 0 Å². The summed E-state index contributed by atoms with van der Waals surface area (Å²) >= 11 is 0. The molecule has 0 amide bonds. The summed E-state index contributed by atoms with van der Waals surface area (Å²) in [5.74, 6) is 0. The molecule has 0 fully saturated rings. The summed E-state index contributed by atoms with van der Waals surface area (Å²) in [5, 5.41) is 0. The van der Waals surface area contributed by atoms with Gasteiger partial charge in [0.25, 0.3) is 0 Å². The van der Waals surface area contributed by atoms with Crippen molar-refractivity contribution in [2.75, 3.05) is 6.61 Å². The van der Waals surface area contributed by atoms with Crippen LogP contribution in [0.15, 0.2) is 30.3 Å². The highest BCUT2D eigenvalue weighted by Crippen LogP contribution is 2.10. The summed E-state index contributed by atoms with van der Waals surface area (Å²) in [7, 11) is -0.991. The molecule has 0 aliphatic rings. The fourth-order valence-electron chi connectivity index (χ4n) is 1.37. The molecule has 1 rings (SSSR count). The van der Waals surface area contributed by atoms with Crippen molar-refractivity contribution >= 4 is 8.07 Å². The predicted octanol–water partition coefficient (Wildman–Crippen LogP) is 3.90. The van der Waals surface area contributed by atoms with Gasteiger partial charge in [-0.2, -0.15) is 0 Å². The van der Waals surface area contributed by atoms with Gasteiger partial charge in [-0.25, -0.2) is 0 Å². The molecule has 0 bridgehead atoms. The number of ether oxygens (including phenoxy) is 2. The minimum atomic E-state index is -0.991. The van der Waals surface area contributed by atoms with E-state index >= 15 is 0 Å². The van der Waals surface area contributed by atoms with Crippen LogP contribution in [-0.2, 0) is 16.1 Å². The maximum absolute atomic E-state index is 5.65. The third-order valence-electron chi connectivity index (χ3n) is 2.53. The smallest absolute Gasteiger partial charge is 0.155 e. The van der Waals surface area contributed by atoms with E-state index in [9.17, 15) is 0 Å². The van der Waals surface area contributed by atoms with Crippen molar-refractivity contribution in [1.29, 1.82) is 0 Å². The summed E-state index contributed by atoms with van der Waals surface area (Å²) in [6, 6.07) is 11.4. The molecule has 0 saturated carbocycles. The second-order valence-electron chi connectivity index (χ2n) is 5.55. The van der Waals surface area contributed by atoms with Gasteiger partial charge in [0.05, 0.1) is 6.61 Å². The van der Waals surface area contributed by atoms with Gasteiger partial charge in [0.15, 0.2) is 6.29 Å². The molecule has 2 nitrogen and oxygen atoms in total. The lowest BCUT2D eigenvalue weighted by molar-refractivity contribution is -0.134. The molecule has 0 radical (unpaired) electrons. The SMILES string of the molecule is CC(OCC[Si](C)(C)C)OCc1ccccc1. The van der Waals surface area contributed by atoms with E-state index in [-0.39, 0.29) is 6.29 Å². The molecule has 0 aliphatic carbocycles. The van der Waals surface area contributed by atoms with Crippen LogP contribution in [0.4, 0.5) is 0 Å². The van der Waals surface area contributed by atoms with E-state index < -0.39 is 8.07 Å². The average molecular weight is 252 g/mol. The molecule has 0 saturated heterocycles. The molecule has 3 heteroatoms. The van der Waals surface area contributed by atoms with Crippen LogP contribution in [0.3, 0.4) is 0 Å². The quantitative estimate of drug-likeness (QED) is 0.541. The first kappa shape index (κ1) is 14.4. The minimum absolute atomic E-state index is 0.119. The van der Waals surface area contributed by atoms with Gasteiger partial charge in [-0.1, -0.05) is 50.0 Å². The standard InChI is InChI=1S/C14H24O2Si/c1-13(15-10-11-17(2,3)4)16-12-14-8-6-5-7-9-14/h5-9,13H,10-12H2,1-4H3. The van der Waals surface area contributed by atoms with Gasteiger partial charge in [0.2, 0.25) is 0 Å². The Labute approximate surface area is 106 Å². The Morgan fingerprint density at radius 1 is 1.06 bits per heavy atom. The lowest BCUT2D eigenvalue weighted by atomic mass is 10.2. The molecule has 1 atom stereocenters. The Bertz CT molecular complexity index is 306. The highest BCUT2D eigenvalue weighted by molar-refractivity contribution is 6.76. The Kier molecular flexibility index (Phi) is 5.89. The summed E-state index contributed by atoms with van der Waals surface area (Å²) in [4.78, 5) is 0. The zero-order valence-electron chi connectivity index (χ0n) is 11.4. The molecule has 0 aromatic heterocycles.